The van der Waals surface area contributed by atoms with E-state index in [0.717, 1.165) is 43.0 Å². The molecule has 42 heavy (non-hydrogen) atoms. The molecule has 3 radical (unpaired) electrons. The standard InChI is InChI=1S/C22H25F3N8O.C6H7N.B/c1-16-27-29-33(28-16)15-19-11-20(22(23,24)25)5-3-18(19)4-6-21(34)32-9-7-31(8-10-32)14-17-12-26-30(2)13-17;1-6-4-2-3-5-7-6;/h3-6,11-13H,7-10,14-15H2,1-2H3;2-5H,1H3;. The summed E-state index contributed by atoms with van der Waals surface area (Å²) >= 11 is 0. The molecule has 10 nitrogen and oxygen atoms in total. The highest BCUT2D eigenvalue weighted by atomic mass is 19.4. The van der Waals surface area contributed by atoms with Crippen LogP contribution in [-0.2, 0) is 31.1 Å². The van der Waals surface area contributed by atoms with Gasteiger partial charge in [-0.15, -0.1) is 10.2 Å². The van der Waals surface area contributed by atoms with E-state index in [0.29, 0.717) is 30.0 Å². The Morgan fingerprint density at radius 3 is 2.36 bits per heavy atom. The van der Waals surface area contributed by atoms with Crippen LogP contribution in [0.25, 0.3) is 6.08 Å². The Kier molecular flexibility index (Phi) is 11.1. The van der Waals surface area contributed by atoms with Gasteiger partial charge in [-0.25, -0.2) is 0 Å². The van der Waals surface area contributed by atoms with Gasteiger partial charge in [-0.2, -0.15) is 23.1 Å². The monoisotopic (exact) mass is 578 g/mol. The van der Waals surface area contributed by atoms with Crippen LogP contribution in [0, 0.1) is 13.8 Å². The Bertz CT molecular complexity index is 1460. The van der Waals surface area contributed by atoms with Crippen molar-refractivity contribution in [3.8, 4) is 0 Å². The summed E-state index contributed by atoms with van der Waals surface area (Å²) < 4.78 is 41.5. The number of hydrogen-bond acceptors (Lipinski definition) is 7. The second-order valence-corrected chi connectivity index (χ2v) is 9.71. The predicted octanol–water partition coefficient (Wildman–Crippen LogP) is 3.15. The molecule has 1 saturated heterocycles. The maximum Gasteiger partial charge on any atom is 0.416 e. The van der Waals surface area contributed by atoms with Gasteiger partial charge in [0.1, 0.15) is 0 Å². The second-order valence-electron chi connectivity index (χ2n) is 9.71. The van der Waals surface area contributed by atoms with Crippen molar-refractivity contribution in [2.75, 3.05) is 26.2 Å². The van der Waals surface area contributed by atoms with Gasteiger partial charge < -0.3 is 4.90 Å². The Morgan fingerprint density at radius 1 is 1.05 bits per heavy atom. The van der Waals surface area contributed by atoms with E-state index in [1.54, 1.807) is 28.8 Å². The number of tetrazole rings is 1. The molecule has 4 aromatic rings. The molecule has 5 rings (SSSR count). The summed E-state index contributed by atoms with van der Waals surface area (Å²) in [4.78, 5) is 21.9. The van der Waals surface area contributed by atoms with Crippen molar-refractivity contribution in [2.45, 2.75) is 33.1 Å². The van der Waals surface area contributed by atoms with Crippen LogP contribution in [0.3, 0.4) is 0 Å². The lowest BCUT2D eigenvalue weighted by molar-refractivity contribution is -0.137. The quantitative estimate of drug-likeness (QED) is 0.256. The van der Waals surface area contributed by atoms with Crippen LogP contribution in [0.15, 0.2) is 61.1 Å². The fourth-order valence-electron chi connectivity index (χ4n) is 4.28. The van der Waals surface area contributed by atoms with Crippen LogP contribution in [-0.4, -0.2) is 85.3 Å². The molecule has 0 spiro atoms. The van der Waals surface area contributed by atoms with Crippen LogP contribution >= 0.6 is 0 Å². The largest absolute Gasteiger partial charge is 0.416 e. The second kappa shape index (κ2) is 14.5. The number of rotatable bonds is 6. The zero-order valence-electron chi connectivity index (χ0n) is 23.7. The molecule has 0 atom stereocenters. The predicted molar refractivity (Wildman–Crippen MR) is 152 cm³/mol. The molecule has 1 fully saturated rings. The van der Waals surface area contributed by atoms with Gasteiger partial charge in [0.2, 0.25) is 5.91 Å². The first-order chi connectivity index (χ1) is 19.6. The zero-order chi connectivity index (χ0) is 29.4. The molecule has 0 unspecified atom stereocenters. The molecule has 219 valence electrons. The van der Waals surface area contributed by atoms with E-state index >= 15 is 0 Å². The maximum absolute atomic E-state index is 13.2. The number of nitrogens with zero attached hydrogens (tertiary/aromatic N) is 9. The fourth-order valence-corrected chi connectivity index (χ4v) is 4.28. The van der Waals surface area contributed by atoms with Gasteiger partial charge in [-0.3, -0.25) is 19.4 Å². The summed E-state index contributed by atoms with van der Waals surface area (Å²) in [7, 11) is 1.87. The van der Waals surface area contributed by atoms with Crippen molar-refractivity contribution in [2.24, 2.45) is 7.05 Å². The number of alkyl halides is 3. The smallest absolute Gasteiger partial charge is 0.337 e. The first-order valence-electron chi connectivity index (χ1n) is 13.1. The average molecular weight is 578 g/mol. The van der Waals surface area contributed by atoms with Gasteiger partial charge in [0.25, 0.3) is 0 Å². The summed E-state index contributed by atoms with van der Waals surface area (Å²) in [6.07, 6.45) is 4.06. The average Bonchev–Trinajstić information content (AvgIpc) is 3.55. The Labute approximate surface area is 244 Å². The molecule has 1 aliphatic rings. The molecule has 3 aromatic heterocycles. The number of hydrogen-bond donors (Lipinski definition) is 0. The summed E-state index contributed by atoms with van der Waals surface area (Å²) in [5.74, 6) is 0.239. The van der Waals surface area contributed by atoms with Crippen molar-refractivity contribution < 1.29 is 18.0 Å². The van der Waals surface area contributed by atoms with Crippen LogP contribution in [0.2, 0.25) is 0 Å². The molecule has 0 saturated carbocycles. The topological polar surface area (TPSA) is 97.9 Å². The Morgan fingerprint density at radius 2 is 1.81 bits per heavy atom. The van der Waals surface area contributed by atoms with Crippen molar-refractivity contribution in [3.63, 3.8) is 0 Å². The van der Waals surface area contributed by atoms with Gasteiger partial charge in [0.15, 0.2) is 5.82 Å². The lowest BCUT2D eigenvalue weighted by Gasteiger charge is -2.34. The molecule has 14 heteroatoms. The van der Waals surface area contributed by atoms with E-state index in [1.165, 1.54) is 16.9 Å². The SMILES string of the molecule is Cc1ccccn1.Cc1nnn(Cc2cc(C(F)(F)F)ccc2C=CC(=O)N2CCN(Cc3cnn(C)c3)CC2)n1.[B]. The summed E-state index contributed by atoms with van der Waals surface area (Å²) in [6, 6.07) is 9.28. The number of piperazine rings is 1. The summed E-state index contributed by atoms with van der Waals surface area (Å²) in [6.45, 7) is 7.01. The highest BCUT2D eigenvalue weighted by Gasteiger charge is 2.31. The van der Waals surface area contributed by atoms with Crippen molar-refractivity contribution in [3.05, 3.63) is 94.8 Å². The number of aromatic nitrogens is 7. The molecule has 1 amide bonds. The minimum Gasteiger partial charge on any atom is -0.337 e. The van der Waals surface area contributed by atoms with Crippen LogP contribution in [0.1, 0.15) is 33.8 Å². The first kappa shape index (κ1) is 32.2. The molecule has 0 bridgehead atoms. The number of pyridine rings is 1. The van der Waals surface area contributed by atoms with Crippen molar-refractivity contribution in [1.29, 1.82) is 0 Å². The molecule has 1 aromatic carbocycles. The molecule has 0 aliphatic carbocycles. The van der Waals surface area contributed by atoms with Crippen LogP contribution < -0.4 is 0 Å². The fraction of sp³-hybridized carbons (Fsp3) is 0.357. The van der Waals surface area contributed by atoms with E-state index in [1.807, 2.05) is 44.6 Å². The number of aryl methyl sites for hydroxylation is 3. The van der Waals surface area contributed by atoms with E-state index in [9.17, 15) is 18.0 Å². The number of amides is 1. The van der Waals surface area contributed by atoms with Crippen molar-refractivity contribution in [1.82, 2.24) is 44.8 Å². The van der Waals surface area contributed by atoms with Crippen molar-refractivity contribution >= 4 is 20.4 Å². The van der Waals surface area contributed by atoms with E-state index in [2.05, 4.69) is 30.4 Å². The summed E-state index contributed by atoms with van der Waals surface area (Å²) in [5.41, 5.74) is 2.26. The third kappa shape index (κ3) is 9.37. The van der Waals surface area contributed by atoms with Gasteiger partial charge >= 0.3 is 6.18 Å². The molecule has 4 heterocycles. The third-order valence-electron chi connectivity index (χ3n) is 6.40. The molecular weight excluding hydrogens is 546 g/mol. The molecular formula is C28H32BF3N9O. The van der Waals surface area contributed by atoms with Gasteiger partial charge in [0, 0.05) is 77.9 Å². The number of carbonyl (C=O) groups is 1. The normalized spacial score (nSPS) is 13.9. The Hall–Kier alpha value is -4.33. The maximum atomic E-state index is 13.2. The van der Waals surface area contributed by atoms with E-state index < -0.39 is 11.7 Å². The molecule has 0 N–H and O–H groups in total. The van der Waals surface area contributed by atoms with Crippen LogP contribution in [0.5, 0.6) is 0 Å². The third-order valence-corrected chi connectivity index (χ3v) is 6.40. The number of carbonyl (C=O) groups excluding carboxylic acids is 1. The Balaban J connectivity index is 0.000000531. The lowest BCUT2D eigenvalue weighted by Crippen LogP contribution is -2.47. The van der Waals surface area contributed by atoms with Crippen LogP contribution in [0.4, 0.5) is 13.2 Å². The van der Waals surface area contributed by atoms with E-state index in [4.69, 9.17) is 0 Å². The summed E-state index contributed by atoms with van der Waals surface area (Å²) in [5, 5.41) is 15.8. The highest BCUT2D eigenvalue weighted by molar-refractivity contribution is 5.92. The van der Waals surface area contributed by atoms with Gasteiger partial charge in [-0.05, 0) is 60.5 Å². The highest BCUT2D eigenvalue weighted by Crippen LogP contribution is 2.31. The minimum absolute atomic E-state index is 0. The number of halogens is 3. The minimum atomic E-state index is -4.48. The molecule has 1 aliphatic heterocycles. The van der Waals surface area contributed by atoms with E-state index in [-0.39, 0.29) is 20.9 Å². The van der Waals surface area contributed by atoms with Gasteiger partial charge in [0.05, 0.1) is 18.3 Å². The number of benzene rings is 1. The van der Waals surface area contributed by atoms with Gasteiger partial charge in [-0.1, -0.05) is 12.1 Å². The lowest BCUT2D eigenvalue weighted by atomic mass is 10.0. The first-order valence-corrected chi connectivity index (χ1v) is 13.1. The zero-order valence-corrected chi connectivity index (χ0v) is 23.7.